The molecule has 1 saturated heterocycles. The van der Waals surface area contributed by atoms with E-state index in [9.17, 15) is 4.79 Å². The van der Waals surface area contributed by atoms with Gasteiger partial charge in [0, 0.05) is 68.5 Å². The van der Waals surface area contributed by atoms with Crippen molar-refractivity contribution in [3.05, 3.63) is 80.1 Å². The first kappa shape index (κ1) is 26.9. The smallest absolute Gasteiger partial charge is 0.260 e. The minimum absolute atomic E-state index is 0. The van der Waals surface area contributed by atoms with Crippen LogP contribution in [0.25, 0.3) is 22.2 Å². The zero-order valence-corrected chi connectivity index (χ0v) is 23.8. The van der Waals surface area contributed by atoms with Gasteiger partial charge >= 0.3 is 0 Å². The topological polar surface area (TPSA) is 63.1 Å². The van der Waals surface area contributed by atoms with E-state index in [1.807, 2.05) is 36.9 Å². The number of fused-ring (bicyclic) bond motifs is 1. The zero-order valence-electron chi connectivity index (χ0n) is 19.9. The quantitative estimate of drug-likeness (QED) is 0.270. The second-order valence-corrected chi connectivity index (χ2v) is 11.2. The normalized spacial score (nSPS) is 16.1. The number of aromatic nitrogens is 3. The molecule has 4 aromatic rings. The molecule has 1 aliphatic rings. The molecule has 2 aromatic carbocycles. The molecule has 6 nitrogen and oxygen atoms in total. The second kappa shape index (κ2) is 11.5. The van der Waals surface area contributed by atoms with E-state index in [0.29, 0.717) is 39.5 Å². The number of pyridine rings is 1. The number of aryl methyl sites for hydroxylation is 1. The van der Waals surface area contributed by atoms with Crippen molar-refractivity contribution in [2.24, 2.45) is 0 Å². The highest BCUT2D eigenvalue weighted by molar-refractivity contribution is 9.10. The number of benzene rings is 2. The standard InChI is InChI=1S/C26H25BrClN5OS.ClH/c1-3-33-24-17(12-21(25(33)34)20-9-6-18(27)13-22(20)28)14-29-26(31-24)30-19-7-4-16(5-8-19)23-15-32(2)10-11-35-23;/h4-9,12-14,23H,3,10-11,15H2,1-2H3,(H,29,30,31);1H. The summed E-state index contributed by atoms with van der Waals surface area (Å²) in [5.74, 6) is 1.61. The molecule has 188 valence electrons. The maximum absolute atomic E-state index is 13.3. The van der Waals surface area contributed by atoms with E-state index in [2.05, 4.69) is 67.4 Å². The molecule has 2 aromatic heterocycles. The summed E-state index contributed by atoms with van der Waals surface area (Å²) in [4.78, 5) is 24.9. The van der Waals surface area contributed by atoms with E-state index in [4.69, 9.17) is 11.6 Å². The maximum atomic E-state index is 13.3. The van der Waals surface area contributed by atoms with Crippen LogP contribution < -0.4 is 10.9 Å². The number of hydrogen-bond donors (Lipinski definition) is 1. The first-order valence-electron chi connectivity index (χ1n) is 11.5. The van der Waals surface area contributed by atoms with Crippen LogP contribution in [0.1, 0.15) is 17.7 Å². The van der Waals surface area contributed by atoms with Crippen molar-refractivity contribution in [1.82, 2.24) is 19.4 Å². The van der Waals surface area contributed by atoms with E-state index < -0.39 is 0 Å². The summed E-state index contributed by atoms with van der Waals surface area (Å²) in [5.41, 5.74) is 3.91. The molecule has 3 heterocycles. The summed E-state index contributed by atoms with van der Waals surface area (Å²) in [5, 5.41) is 5.07. The van der Waals surface area contributed by atoms with Gasteiger partial charge in [-0.1, -0.05) is 45.7 Å². The predicted molar refractivity (Wildman–Crippen MR) is 157 cm³/mol. The van der Waals surface area contributed by atoms with Gasteiger partial charge in [0.2, 0.25) is 5.95 Å². The first-order valence-corrected chi connectivity index (χ1v) is 13.7. The summed E-state index contributed by atoms with van der Waals surface area (Å²) in [7, 11) is 2.17. The summed E-state index contributed by atoms with van der Waals surface area (Å²) in [6, 6.07) is 15.8. The second-order valence-electron chi connectivity index (χ2n) is 8.57. The summed E-state index contributed by atoms with van der Waals surface area (Å²) >= 11 is 11.9. The highest BCUT2D eigenvalue weighted by atomic mass is 79.9. The Labute approximate surface area is 234 Å². The molecule has 1 N–H and O–H groups in total. The van der Waals surface area contributed by atoms with Gasteiger partial charge in [0.05, 0.1) is 0 Å². The molecule has 36 heavy (non-hydrogen) atoms. The summed E-state index contributed by atoms with van der Waals surface area (Å²) < 4.78 is 2.52. The lowest BCUT2D eigenvalue weighted by Crippen LogP contribution is -2.30. The fraction of sp³-hybridized carbons (Fsp3) is 0.269. The molecule has 0 bridgehead atoms. The SMILES string of the molecule is CCn1c(=O)c(-c2ccc(Br)cc2Cl)cc2cnc(Nc3ccc(C4CN(C)CCS4)cc3)nc21.Cl. The van der Waals surface area contributed by atoms with Gasteiger partial charge in [-0.05, 0) is 49.9 Å². The van der Waals surface area contributed by atoms with Crippen LogP contribution in [0, 0.1) is 0 Å². The Morgan fingerprint density at radius 3 is 2.64 bits per heavy atom. The molecule has 0 aliphatic carbocycles. The van der Waals surface area contributed by atoms with Crippen molar-refractivity contribution in [2.75, 3.05) is 31.2 Å². The van der Waals surface area contributed by atoms with Crippen molar-refractivity contribution in [3.8, 4) is 11.1 Å². The average Bonchev–Trinajstić information content (AvgIpc) is 2.85. The Morgan fingerprint density at radius 1 is 1.17 bits per heavy atom. The van der Waals surface area contributed by atoms with Crippen LogP contribution in [-0.2, 0) is 6.54 Å². The van der Waals surface area contributed by atoms with E-state index in [1.165, 1.54) is 5.56 Å². The van der Waals surface area contributed by atoms with Gasteiger partial charge in [0.15, 0.2) is 0 Å². The van der Waals surface area contributed by atoms with Gasteiger partial charge in [0.1, 0.15) is 5.65 Å². The fourth-order valence-electron chi connectivity index (χ4n) is 4.30. The van der Waals surface area contributed by atoms with E-state index in [-0.39, 0.29) is 18.0 Å². The minimum atomic E-state index is -0.131. The number of hydrogen-bond acceptors (Lipinski definition) is 6. The van der Waals surface area contributed by atoms with Gasteiger partial charge in [-0.2, -0.15) is 16.7 Å². The van der Waals surface area contributed by atoms with Gasteiger partial charge in [-0.15, -0.1) is 12.4 Å². The van der Waals surface area contributed by atoms with Crippen molar-refractivity contribution in [3.63, 3.8) is 0 Å². The lowest BCUT2D eigenvalue weighted by molar-refractivity contribution is 0.347. The average molecular weight is 607 g/mol. The molecule has 0 amide bonds. The lowest BCUT2D eigenvalue weighted by Gasteiger charge is -2.29. The molecule has 1 fully saturated rings. The number of nitrogens with zero attached hydrogens (tertiary/aromatic N) is 4. The van der Waals surface area contributed by atoms with Gasteiger partial charge in [0.25, 0.3) is 5.56 Å². The van der Waals surface area contributed by atoms with Crippen molar-refractivity contribution in [2.45, 2.75) is 18.7 Å². The molecule has 1 aliphatic heterocycles. The maximum Gasteiger partial charge on any atom is 0.260 e. The Morgan fingerprint density at radius 2 is 1.94 bits per heavy atom. The first-order chi connectivity index (χ1) is 16.9. The highest BCUT2D eigenvalue weighted by Crippen LogP contribution is 2.33. The number of likely N-dealkylation sites (N-methyl/N-ethyl adjacent to an activating group) is 1. The number of thioether (sulfide) groups is 1. The third kappa shape index (κ3) is 5.58. The number of anilines is 2. The number of nitrogens with one attached hydrogen (secondary N) is 1. The Kier molecular flexibility index (Phi) is 8.63. The lowest BCUT2D eigenvalue weighted by atomic mass is 10.1. The van der Waals surface area contributed by atoms with E-state index in [0.717, 1.165) is 34.4 Å². The third-order valence-electron chi connectivity index (χ3n) is 6.17. The fourth-order valence-corrected chi connectivity index (χ4v) is 6.49. The zero-order chi connectivity index (χ0) is 24.5. The van der Waals surface area contributed by atoms with Crippen LogP contribution in [0.4, 0.5) is 11.6 Å². The van der Waals surface area contributed by atoms with E-state index in [1.54, 1.807) is 16.8 Å². The highest BCUT2D eigenvalue weighted by Gasteiger charge is 2.19. The molecule has 10 heteroatoms. The van der Waals surface area contributed by atoms with Crippen LogP contribution in [0.2, 0.25) is 5.02 Å². The molecule has 0 saturated carbocycles. The van der Waals surface area contributed by atoms with Gasteiger partial charge in [-0.3, -0.25) is 9.36 Å². The van der Waals surface area contributed by atoms with Crippen LogP contribution >= 0.6 is 51.7 Å². The molecule has 0 radical (unpaired) electrons. The van der Waals surface area contributed by atoms with Gasteiger partial charge in [-0.25, -0.2) is 4.98 Å². The number of rotatable bonds is 5. The van der Waals surface area contributed by atoms with Crippen molar-refractivity contribution in [1.29, 1.82) is 0 Å². The Hall–Kier alpha value is -2.10. The number of halogens is 3. The summed E-state index contributed by atoms with van der Waals surface area (Å²) in [6.45, 7) is 4.62. The van der Waals surface area contributed by atoms with Crippen molar-refractivity contribution < 1.29 is 0 Å². The minimum Gasteiger partial charge on any atom is -0.324 e. The van der Waals surface area contributed by atoms with E-state index >= 15 is 0 Å². The third-order valence-corrected chi connectivity index (χ3v) is 8.22. The molecular formula is C26H26BrCl2N5OS. The Bertz CT molecular complexity index is 1450. The largest absolute Gasteiger partial charge is 0.324 e. The predicted octanol–water partition coefficient (Wildman–Crippen LogP) is 6.78. The Balaban J connectivity index is 0.00000304. The monoisotopic (exact) mass is 605 g/mol. The molecular weight excluding hydrogens is 581 g/mol. The van der Waals surface area contributed by atoms with Crippen LogP contribution in [0.5, 0.6) is 0 Å². The van der Waals surface area contributed by atoms with Crippen LogP contribution in [0.3, 0.4) is 0 Å². The molecule has 0 spiro atoms. The molecule has 1 unspecified atom stereocenters. The van der Waals surface area contributed by atoms with Crippen LogP contribution in [-0.4, -0.2) is 45.3 Å². The van der Waals surface area contributed by atoms with Crippen molar-refractivity contribution >= 4 is 74.4 Å². The molecule has 1 atom stereocenters. The van der Waals surface area contributed by atoms with Crippen LogP contribution in [0.15, 0.2) is 64.0 Å². The van der Waals surface area contributed by atoms with Gasteiger partial charge < -0.3 is 10.2 Å². The summed E-state index contributed by atoms with van der Waals surface area (Å²) in [6.07, 6.45) is 1.75. The molecule has 5 rings (SSSR count).